The van der Waals surface area contributed by atoms with Crippen molar-refractivity contribution < 1.29 is 9.18 Å². The molecule has 0 radical (unpaired) electrons. The van der Waals surface area contributed by atoms with Gasteiger partial charge in [-0.15, -0.1) is 0 Å². The van der Waals surface area contributed by atoms with Crippen molar-refractivity contribution in [1.29, 1.82) is 0 Å². The van der Waals surface area contributed by atoms with Gasteiger partial charge in [-0.05, 0) is 74.1 Å². The van der Waals surface area contributed by atoms with E-state index >= 15 is 0 Å². The summed E-state index contributed by atoms with van der Waals surface area (Å²) in [6.07, 6.45) is 2.90. The van der Waals surface area contributed by atoms with Crippen LogP contribution in [0.5, 0.6) is 0 Å². The zero-order valence-electron chi connectivity index (χ0n) is 18.8. The summed E-state index contributed by atoms with van der Waals surface area (Å²) < 4.78 is 16.4. The predicted octanol–water partition coefficient (Wildman–Crippen LogP) is 5.48. The van der Waals surface area contributed by atoms with Gasteiger partial charge in [0.05, 0.1) is 17.3 Å². The van der Waals surface area contributed by atoms with Gasteiger partial charge in [0, 0.05) is 18.0 Å². The third-order valence-electron chi connectivity index (χ3n) is 6.89. The molecule has 1 unspecified atom stereocenters. The van der Waals surface area contributed by atoms with Gasteiger partial charge in [0.25, 0.3) is 5.91 Å². The summed E-state index contributed by atoms with van der Waals surface area (Å²) in [6.45, 7) is 4.61. The molecule has 2 aromatic carbocycles. The van der Waals surface area contributed by atoms with E-state index in [4.69, 9.17) is 4.98 Å². The molecule has 2 aromatic heterocycles. The van der Waals surface area contributed by atoms with E-state index in [9.17, 15) is 9.18 Å². The Bertz CT molecular complexity index is 1400. The van der Waals surface area contributed by atoms with Crippen LogP contribution >= 0.6 is 0 Å². The van der Waals surface area contributed by atoms with Crippen LogP contribution in [0.1, 0.15) is 64.7 Å². The summed E-state index contributed by atoms with van der Waals surface area (Å²) in [7, 11) is 0. The van der Waals surface area contributed by atoms with E-state index in [0.29, 0.717) is 23.5 Å². The fourth-order valence-electron chi connectivity index (χ4n) is 4.90. The fourth-order valence-corrected chi connectivity index (χ4v) is 4.90. The Kier molecular flexibility index (Phi) is 4.57. The average molecular weight is 441 g/mol. The lowest BCUT2D eigenvalue weighted by molar-refractivity contribution is 0.0671. The Morgan fingerprint density at radius 3 is 2.70 bits per heavy atom. The second kappa shape index (κ2) is 7.51. The number of fused-ring (bicyclic) bond motifs is 2. The smallest absolute Gasteiger partial charge is 0.273 e. The average Bonchev–Trinajstić information content (AvgIpc) is 3.57. The zero-order chi connectivity index (χ0) is 22.7. The Morgan fingerprint density at radius 1 is 1.09 bits per heavy atom. The number of halogens is 1. The second-order valence-electron chi connectivity index (χ2n) is 9.25. The molecule has 4 aromatic rings. The van der Waals surface area contributed by atoms with Gasteiger partial charge in [-0.1, -0.05) is 30.3 Å². The molecular formula is C27H25FN4O. The highest BCUT2D eigenvalue weighted by Crippen LogP contribution is 2.40. The molecule has 1 fully saturated rings. The third kappa shape index (κ3) is 3.41. The predicted molar refractivity (Wildman–Crippen MR) is 125 cm³/mol. The standard InChI is InChI=1S/C27H25FN4O/c1-16-7-10-22(23(28)13-16)24-14-20-15-25(29-26(19-8-9-19)32(20)30-24)27(33)31-12-11-18-5-3-4-6-21(18)17(31)2/h3-7,10,13-15,17,19H,8-9,11-12H2,1-2H3. The van der Waals surface area contributed by atoms with Gasteiger partial charge in [0.15, 0.2) is 0 Å². The van der Waals surface area contributed by atoms with Crippen LogP contribution in [-0.4, -0.2) is 31.9 Å². The van der Waals surface area contributed by atoms with E-state index in [1.807, 2.05) is 30.0 Å². The highest BCUT2D eigenvalue weighted by Gasteiger charge is 2.33. The van der Waals surface area contributed by atoms with Crippen LogP contribution in [0, 0.1) is 12.7 Å². The van der Waals surface area contributed by atoms with Gasteiger partial charge in [0.2, 0.25) is 0 Å². The van der Waals surface area contributed by atoms with Crippen molar-refractivity contribution in [3.05, 3.63) is 88.6 Å². The molecule has 1 saturated carbocycles. The molecule has 5 nitrogen and oxygen atoms in total. The highest BCUT2D eigenvalue weighted by molar-refractivity contribution is 5.94. The van der Waals surface area contributed by atoms with Gasteiger partial charge < -0.3 is 4.90 Å². The molecule has 33 heavy (non-hydrogen) atoms. The molecule has 6 heteroatoms. The van der Waals surface area contributed by atoms with Crippen LogP contribution in [0.25, 0.3) is 16.8 Å². The zero-order valence-corrected chi connectivity index (χ0v) is 18.8. The molecule has 6 rings (SSSR count). The third-order valence-corrected chi connectivity index (χ3v) is 6.89. The second-order valence-corrected chi connectivity index (χ2v) is 9.25. The van der Waals surface area contributed by atoms with Crippen molar-refractivity contribution in [3.8, 4) is 11.3 Å². The van der Waals surface area contributed by atoms with E-state index in [-0.39, 0.29) is 23.7 Å². The van der Waals surface area contributed by atoms with Gasteiger partial charge >= 0.3 is 0 Å². The Balaban J connectivity index is 1.41. The van der Waals surface area contributed by atoms with Crippen LogP contribution in [0.2, 0.25) is 0 Å². The first-order chi connectivity index (χ1) is 16.0. The van der Waals surface area contributed by atoms with Crippen LogP contribution in [0.15, 0.2) is 54.6 Å². The van der Waals surface area contributed by atoms with E-state index in [1.165, 1.54) is 17.2 Å². The van der Waals surface area contributed by atoms with Gasteiger partial charge in [-0.3, -0.25) is 4.79 Å². The van der Waals surface area contributed by atoms with Crippen LogP contribution < -0.4 is 0 Å². The maximum absolute atomic E-state index is 14.6. The van der Waals surface area contributed by atoms with Crippen molar-refractivity contribution in [1.82, 2.24) is 19.5 Å². The molecule has 0 spiro atoms. The molecule has 0 N–H and O–H groups in total. The van der Waals surface area contributed by atoms with Crippen molar-refractivity contribution in [2.75, 3.05) is 6.54 Å². The minimum atomic E-state index is -0.295. The fraction of sp³-hybridized carbons (Fsp3) is 0.296. The quantitative estimate of drug-likeness (QED) is 0.424. The number of carbonyl (C=O) groups is 1. The summed E-state index contributed by atoms with van der Waals surface area (Å²) in [5.41, 5.74) is 5.59. The van der Waals surface area contributed by atoms with Crippen LogP contribution in [-0.2, 0) is 6.42 Å². The summed E-state index contributed by atoms with van der Waals surface area (Å²) in [4.78, 5) is 20.3. The van der Waals surface area contributed by atoms with E-state index in [0.717, 1.165) is 36.2 Å². The lowest BCUT2D eigenvalue weighted by Crippen LogP contribution is -2.39. The molecule has 0 saturated heterocycles. The number of aromatic nitrogens is 3. The molecule has 2 aliphatic rings. The molecule has 166 valence electrons. The Hall–Kier alpha value is -3.54. The molecule has 1 aliphatic carbocycles. The number of carbonyl (C=O) groups excluding carboxylic acids is 1. The number of hydrogen-bond acceptors (Lipinski definition) is 3. The van der Waals surface area contributed by atoms with Crippen molar-refractivity contribution >= 4 is 11.4 Å². The summed E-state index contributed by atoms with van der Waals surface area (Å²) >= 11 is 0. The van der Waals surface area contributed by atoms with E-state index < -0.39 is 0 Å². The summed E-state index contributed by atoms with van der Waals surface area (Å²) in [6, 6.07) is 17.1. The lowest BCUT2D eigenvalue weighted by Gasteiger charge is -2.35. The molecule has 1 atom stereocenters. The first kappa shape index (κ1) is 20.1. The minimum absolute atomic E-state index is 0.00743. The largest absolute Gasteiger partial charge is 0.330 e. The molecule has 1 aliphatic heterocycles. The molecule has 1 amide bonds. The lowest BCUT2D eigenvalue weighted by atomic mass is 9.93. The van der Waals surface area contributed by atoms with E-state index in [2.05, 4.69) is 30.2 Å². The number of hydrogen-bond donors (Lipinski definition) is 0. The monoisotopic (exact) mass is 440 g/mol. The first-order valence-electron chi connectivity index (χ1n) is 11.6. The van der Waals surface area contributed by atoms with E-state index in [1.54, 1.807) is 16.6 Å². The maximum atomic E-state index is 14.6. The topological polar surface area (TPSA) is 50.5 Å². The van der Waals surface area contributed by atoms with Crippen molar-refractivity contribution in [2.24, 2.45) is 0 Å². The van der Waals surface area contributed by atoms with Gasteiger partial charge in [-0.25, -0.2) is 13.9 Å². The summed E-state index contributed by atoms with van der Waals surface area (Å²) in [5, 5.41) is 4.68. The first-order valence-corrected chi connectivity index (χ1v) is 11.6. The number of rotatable bonds is 3. The maximum Gasteiger partial charge on any atom is 0.273 e. The highest BCUT2D eigenvalue weighted by atomic mass is 19.1. The number of amides is 1. The Morgan fingerprint density at radius 2 is 1.91 bits per heavy atom. The normalized spacial score (nSPS) is 17.9. The molecular weight excluding hydrogens is 415 g/mol. The number of benzene rings is 2. The number of aryl methyl sites for hydroxylation is 1. The minimum Gasteiger partial charge on any atom is -0.330 e. The summed E-state index contributed by atoms with van der Waals surface area (Å²) in [5.74, 6) is 0.720. The van der Waals surface area contributed by atoms with Gasteiger partial charge in [0.1, 0.15) is 17.3 Å². The van der Waals surface area contributed by atoms with Crippen molar-refractivity contribution in [3.63, 3.8) is 0 Å². The van der Waals surface area contributed by atoms with Crippen molar-refractivity contribution in [2.45, 2.75) is 45.1 Å². The van der Waals surface area contributed by atoms with Crippen LogP contribution in [0.3, 0.4) is 0 Å². The SMILES string of the molecule is Cc1ccc(-c2cc3cc(C(=O)N4CCc5ccccc5C4C)nc(C4CC4)n3n2)c(F)c1. The number of nitrogens with zero attached hydrogens (tertiary/aromatic N) is 4. The van der Waals surface area contributed by atoms with Gasteiger partial charge in [-0.2, -0.15) is 5.10 Å². The Labute approximate surface area is 191 Å². The molecule has 0 bridgehead atoms. The molecule has 3 heterocycles. The van der Waals surface area contributed by atoms with Crippen LogP contribution in [0.4, 0.5) is 4.39 Å².